The molecule has 0 spiro atoms. The van der Waals surface area contributed by atoms with E-state index in [0.717, 1.165) is 6.42 Å². The van der Waals surface area contributed by atoms with Gasteiger partial charge in [0.1, 0.15) is 0 Å². The van der Waals surface area contributed by atoms with E-state index in [1.807, 2.05) is 0 Å². The van der Waals surface area contributed by atoms with Crippen molar-refractivity contribution in [2.75, 3.05) is 13.2 Å². The minimum absolute atomic E-state index is 0.257. The zero-order valence-corrected chi connectivity index (χ0v) is 11.1. The Labute approximate surface area is 99.5 Å². The zero-order valence-electron chi connectivity index (χ0n) is 11.1. The maximum absolute atomic E-state index is 11.3. The van der Waals surface area contributed by atoms with Crippen LogP contribution in [-0.2, 0) is 14.3 Å². The summed E-state index contributed by atoms with van der Waals surface area (Å²) in [6.07, 6.45) is 4.30. The fourth-order valence-electron chi connectivity index (χ4n) is 1.51. The van der Waals surface area contributed by atoms with E-state index in [2.05, 4.69) is 13.8 Å². The lowest BCUT2D eigenvalue weighted by atomic mass is 10.0. The molecule has 0 saturated heterocycles. The Morgan fingerprint density at radius 2 is 1.94 bits per heavy atom. The van der Waals surface area contributed by atoms with Crippen molar-refractivity contribution in [3.63, 3.8) is 0 Å². The number of ether oxygens (including phenoxy) is 2. The van der Waals surface area contributed by atoms with E-state index >= 15 is 0 Å². The van der Waals surface area contributed by atoms with Gasteiger partial charge in [-0.05, 0) is 26.2 Å². The maximum atomic E-state index is 11.3. The smallest absolute Gasteiger partial charge is 0.334 e. The van der Waals surface area contributed by atoms with E-state index in [0.29, 0.717) is 19.1 Å². The summed E-state index contributed by atoms with van der Waals surface area (Å²) < 4.78 is 10.4. The fourth-order valence-corrected chi connectivity index (χ4v) is 1.51. The summed E-state index contributed by atoms with van der Waals surface area (Å²) >= 11 is 0. The number of unbranched alkanes of at least 4 members (excludes halogenated alkanes) is 1. The molecule has 16 heavy (non-hydrogen) atoms. The minimum atomic E-state index is -0.435. The predicted molar refractivity (Wildman–Crippen MR) is 65.4 cm³/mol. The van der Waals surface area contributed by atoms with Gasteiger partial charge >= 0.3 is 5.97 Å². The van der Waals surface area contributed by atoms with Crippen LogP contribution in [0.15, 0.2) is 0 Å². The average molecular weight is 230 g/mol. The highest BCUT2D eigenvalue weighted by Crippen LogP contribution is 2.13. The summed E-state index contributed by atoms with van der Waals surface area (Å²) in [4.78, 5) is 11.3. The molecule has 96 valence electrons. The van der Waals surface area contributed by atoms with Gasteiger partial charge in [-0.3, -0.25) is 0 Å². The van der Waals surface area contributed by atoms with Crippen molar-refractivity contribution in [2.45, 2.75) is 59.5 Å². The molecule has 0 saturated carbocycles. The Morgan fingerprint density at radius 1 is 1.25 bits per heavy atom. The Morgan fingerprint density at radius 3 is 2.44 bits per heavy atom. The van der Waals surface area contributed by atoms with Crippen LogP contribution in [0.5, 0.6) is 0 Å². The van der Waals surface area contributed by atoms with Gasteiger partial charge < -0.3 is 9.47 Å². The summed E-state index contributed by atoms with van der Waals surface area (Å²) in [5, 5.41) is 0. The topological polar surface area (TPSA) is 35.5 Å². The van der Waals surface area contributed by atoms with Crippen molar-refractivity contribution < 1.29 is 14.3 Å². The molecule has 0 aromatic carbocycles. The average Bonchev–Trinajstić information content (AvgIpc) is 2.29. The molecular formula is C13H26O3. The molecule has 0 aliphatic carbocycles. The second-order valence-corrected chi connectivity index (χ2v) is 4.14. The van der Waals surface area contributed by atoms with Crippen LogP contribution in [0.25, 0.3) is 0 Å². The van der Waals surface area contributed by atoms with Gasteiger partial charge in [0.05, 0.1) is 13.2 Å². The molecule has 3 nitrogen and oxygen atoms in total. The minimum Gasteiger partial charge on any atom is -0.464 e. The van der Waals surface area contributed by atoms with Gasteiger partial charge in [-0.2, -0.15) is 0 Å². The molecule has 0 aromatic heterocycles. The highest BCUT2D eigenvalue weighted by molar-refractivity contribution is 5.74. The normalized spacial score (nSPS) is 14.5. The van der Waals surface area contributed by atoms with Gasteiger partial charge in [-0.15, -0.1) is 0 Å². The molecule has 0 aromatic rings. The lowest BCUT2D eigenvalue weighted by molar-refractivity contribution is -0.156. The van der Waals surface area contributed by atoms with Crippen LogP contribution in [0.4, 0.5) is 0 Å². The third-order valence-corrected chi connectivity index (χ3v) is 2.74. The van der Waals surface area contributed by atoms with Crippen LogP contribution < -0.4 is 0 Å². The SMILES string of the molecule is CCCCC(CC)COC(C)C(=O)OCC. The molecule has 0 aliphatic rings. The molecule has 0 aliphatic heterocycles. The number of esters is 1. The van der Waals surface area contributed by atoms with Crippen molar-refractivity contribution in [1.82, 2.24) is 0 Å². The molecule has 2 unspecified atom stereocenters. The molecule has 0 amide bonds. The first-order valence-corrected chi connectivity index (χ1v) is 6.43. The van der Waals surface area contributed by atoms with Crippen LogP contribution in [-0.4, -0.2) is 25.3 Å². The first kappa shape index (κ1) is 15.4. The van der Waals surface area contributed by atoms with Crippen LogP contribution in [0.1, 0.15) is 53.4 Å². The second kappa shape index (κ2) is 9.64. The van der Waals surface area contributed by atoms with Gasteiger partial charge in [0.15, 0.2) is 6.10 Å². The first-order valence-electron chi connectivity index (χ1n) is 6.43. The predicted octanol–water partition coefficient (Wildman–Crippen LogP) is 3.17. The lowest BCUT2D eigenvalue weighted by Crippen LogP contribution is -2.25. The summed E-state index contributed by atoms with van der Waals surface area (Å²) in [6, 6.07) is 0. The number of rotatable bonds is 9. The van der Waals surface area contributed by atoms with Crippen molar-refractivity contribution >= 4 is 5.97 Å². The van der Waals surface area contributed by atoms with Crippen molar-refractivity contribution in [2.24, 2.45) is 5.92 Å². The number of carbonyl (C=O) groups is 1. The molecule has 0 rings (SSSR count). The van der Waals surface area contributed by atoms with Crippen molar-refractivity contribution in [3.8, 4) is 0 Å². The molecule has 3 heteroatoms. The monoisotopic (exact) mass is 230 g/mol. The van der Waals surface area contributed by atoms with Gasteiger partial charge in [0.25, 0.3) is 0 Å². The maximum Gasteiger partial charge on any atom is 0.334 e. The lowest BCUT2D eigenvalue weighted by Gasteiger charge is -2.17. The number of carbonyl (C=O) groups excluding carboxylic acids is 1. The van der Waals surface area contributed by atoms with Crippen LogP contribution >= 0.6 is 0 Å². The van der Waals surface area contributed by atoms with E-state index in [-0.39, 0.29) is 5.97 Å². The zero-order chi connectivity index (χ0) is 12.4. The van der Waals surface area contributed by atoms with E-state index < -0.39 is 6.10 Å². The quantitative estimate of drug-likeness (QED) is 0.571. The van der Waals surface area contributed by atoms with Gasteiger partial charge in [-0.25, -0.2) is 4.79 Å². The Hall–Kier alpha value is -0.570. The van der Waals surface area contributed by atoms with Gasteiger partial charge in [0.2, 0.25) is 0 Å². The summed E-state index contributed by atoms with van der Waals surface area (Å²) in [5.41, 5.74) is 0. The van der Waals surface area contributed by atoms with Crippen LogP contribution in [0.3, 0.4) is 0 Å². The van der Waals surface area contributed by atoms with Gasteiger partial charge in [-0.1, -0.05) is 33.1 Å². The summed E-state index contributed by atoms with van der Waals surface area (Å²) in [7, 11) is 0. The third-order valence-electron chi connectivity index (χ3n) is 2.74. The van der Waals surface area contributed by atoms with E-state index in [1.165, 1.54) is 19.3 Å². The third kappa shape index (κ3) is 6.83. The Kier molecular flexibility index (Phi) is 9.30. The molecular weight excluding hydrogens is 204 g/mol. The molecule has 0 heterocycles. The first-order chi connectivity index (χ1) is 7.65. The molecule has 2 atom stereocenters. The molecule has 0 fully saturated rings. The fraction of sp³-hybridized carbons (Fsp3) is 0.923. The number of hydrogen-bond donors (Lipinski definition) is 0. The van der Waals surface area contributed by atoms with E-state index in [9.17, 15) is 4.79 Å². The second-order valence-electron chi connectivity index (χ2n) is 4.14. The standard InChI is InChI=1S/C13H26O3/c1-5-8-9-12(6-2)10-16-11(4)13(14)15-7-3/h11-12H,5-10H2,1-4H3. The highest BCUT2D eigenvalue weighted by atomic mass is 16.6. The largest absolute Gasteiger partial charge is 0.464 e. The van der Waals surface area contributed by atoms with Crippen LogP contribution in [0, 0.1) is 5.92 Å². The highest BCUT2D eigenvalue weighted by Gasteiger charge is 2.16. The Balaban J connectivity index is 3.77. The van der Waals surface area contributed by atoms with Gasteiger partial charge in [0, 0.05) is 0 Å². The Bertz CT molecular complexity index is 180. The molecule has 0 radical (unpaired) electrons. The summed E-state index contributed by atoms with van der Waals surface area (Å²) in [5.74, 6) is 0.310. The van der Waals surface area contributed by atoms with E-state index in [4.69, 9.17) is 9.47 Å². The summed E-state index contributed by atoms with van der Waals surface area (Å²) in [6.45, 7) is 8.99. The van der Waals surface area contributed by atoms with Crippen LogP contribution in [0.2, 0.25) is 0 Å². The number of hydrogen-bond acceptors (Lipinski definition) is 3. The van der Waals surface area contributed by atoms with Crippen molar-refractivity contribution in [1.29, 1.82) is 0 Å². The van der Waals surface area contributed by atoms with Crippen molar-refractivity contribution in [3.05, 3.63) is 0 Å². The van der Waals surface area contributed by atoms with E-state index in [1.54, 1.807) is 13.8 Å². The molecule has 0 N–H and O–H groups in total. The molecule has 0 bridgehead atoms.